The lowest BCUT2D eigenvalue weighted by atomic mass is 9.83. The first-order chi connectivity index (χ1) is 5.54. The van der Waals surface area contributed by atoms with Gasteiger partial charge in [0.05, 0.1) is 6.61 Å². The molecule has 0 radical (unpaired) electrons. The van der Waals surface area contributed by atoms with Crippen molar-refractivity contribution in [1.29, 1.82) is 0 Å². The summed E-state index contributed by atoms with van der Waals surface area (Å²) in [6.07, 6.45) is 4.32. The Morgan fingerprint density at radius 2 is 1.92 bits per heavy atom. The molecule has 0 spiro atoms. The van der Waals surface area contributed by atoms with Crippen LogP contribution in [-0.2, 0) is 4.74 Å². The Morgan fingerprint density at radius 1 is 1.33 bits per heavy atom. The second-order valence-electron chi connectivity index (χ2n) is 4.06. The molecule has 0 saturated heterocycles. The summed E-state index contributed by atoms with van der Waals surface area (Å²) in [5, 5.41) is 0. The van der Waals surface area contributed by atoms with Gasteiger partial charge in [0.15, 0.2) is 5.72 Å². The predicted molar refractivity (Wildman–Crippen MR) is 51.5 cm³/mol. The van der Waals surface area contributed by atoms with Crippen LogP contribution in [0.3, 0.4) is 0 Å². The largest absolute Gasteiger partial charge is 0.354 e. The van der Waals surface area contributed by atoms with Crippen LogP contribution in [0, 0.1) is 5.41 Å². The number of aliphatic imine (C=N–C) groups is 1. The van der Waals surface area contributed by atoms with Crippen LogP contribution in [-0.4, -0.2) is 18.5 Å². The Labute approximate surface area is 75.0 Å². The van der Waals surface area contributed by atoms with Crippen molar-refractivity contribution >= 4 is 6.21 Å². The molecule has 1 heterocycles. The second kappa shape index (κ2) is 3.17. The van der Waals surface area contributed by atoms with E-state index in [4.69, 9.17) is 4.74 Å². The average Bonchev–Trinajstić information content (AvgIpc) is 2.06. The van der Waals surface area contributed by atoms with Crippen molar-refractivity contribution in [1.82, 2.24) is 0 Å². The minimum atomic E-state index is -0.298. The SMILES string of the molecule is CCC1(CC)C=NC(C)(C)OC1. The molecule has 0 bridgehead atoms. The van der Waals surface area contributed by atoms with Gasteiger partial charge >= 0.3 is 0 Å². The van der Waals surface area contributed by atoms with Crippen molar-refractivity contribution in [3.05, 3.63) is 0 Å². The summed E-state index contributed by atoms with van der Waals surface area (Å²) in [6, 6.07) is 0. The van der Waals surface area contributed by atoms with E-state index < -0.39 is 0 Å². The Bertz CT molecular complexity index is 180. The quantitative estimate of drug-likeness (QED) is 0.622. The van der Waals surface area contributed by atoms with Gasteiger partial charge in [0.25, 0.3) is 0 Å². The Morgan fingerprint density at radius 3 is 2.25 bits per heavy atom. The van der Waals surface area contributed by atoms with Crippen LogP contribution in [0.25, 0.3) is 0 Å². The molecule has 0 aromatic rings. The van der Waals surface area contributed by atoms with Gasteiger partial charge in [-0.15, -0.1) is 0 Å². The minimum absolute atomic E-state index is 0.204. The first-order valence-corrected chi connectivity index (χ1v) is 4.74. The van der Waals surface area contributed by atoms with E-state index in [2.05, 4.69) is 25.1 Å². The number of rotatable bonds is 2. The summed E-state index contributed by atoms with van der Waals surface area (Å²) in [4.78, 5) is 4.41. The maximum absolute atomic E-state index is 5.67. The van der Waals surface area contributed by atoms with Crippen molar-refractivity contribution in [2.24, 2.45) is 10.4 Å². The van der Waals surface area contributed by atoms with Crippen LogP contribution >= 0.6 is 0 Å². The summed E-state index contributed by atoms with van der Waals surface area (Å²) in [5.74, 6) is 0. The van der Waals surface area contributed by atoms with Crippen molar-refractivity contribution in [2.45, 2.75) is 46.3 Å². The molecule has 0 N–H and O–H groups in total. The molecule has 2 heteroatoms. The van der Waals surface area contributed by atoms with Crippen LogP contribution in [0.5, 0.6) is 0 Å². The normalized spacial score (nSPS) is 25.7. The molecule has 0 saturated carbocycles. The van der Waals surface area contributed by atoms with Crippen molar-refractivity contribution < 1.29 is 4.74 Å². The van der Waals surface area contributed by atoms with Gasteiger partial charge in [-0.3, -0.25) is 4.99 Å². The Hall–Kier alpha value is -0.370. The van der Waals surface area contributed by atoms with E-state index in [1.54, 1.807) is 0 Å². The first kappa shape index (κ1) is 9.72. The maximum atomic E-state index is 5.67. The number of ether oxygens (including phenoxy) is 1. The van der Waals surface area contributed by atoms with Crippen LogP contribution in [0.15, 0.2) is 4.99 Å². The van der Waals surface area contributed by atoms with Crippen LogP contribution < -0.4 is 0 Å². The van der Waals surface area contributed by atoms with Crippen LogP contribution in [0.2, 0.25) is 0 Å². The highest BCUT2D eigenvalue weighted by Gasteiger charge is 2.32. The molecule has 0 amide bonds. The van der Waals surface area contributed by atoms with E-state index in [1.165, 1.54) is 0 Å². The third kappa shape index (κ3) is 1.86. The molecule has 1 rings (SSSR count). The molecular weight excluding hydrogens is 150 g/mol. The van der Waals surface area contributed by atoms with Gasteiger partial charge in [-0.25, -0.2) is 0 Å². The van der Waals surface area contributed by atoms with Gasteiger partial charge < -0.3 is 4.74 Å². The molecule has 0 aliphatic carbocycles. The average molecular weight is 169 g/mol. The topological polar surface area (TPSA) is 21.6 Å². The van der Waals surface area contributed by atoms with Crippen molar-refractivity contribution in [2.75, 3.05) is 6.61 Å². The molecule has 70 valence electrons. The van der Waals surface area contributed by atoms with E-state index in [-0.39, 0.29) is 11.1 Å². The van der Waals surface area contributed by atoms with E-state index in [1.807, 2.05) is 13.8 Å². The van der Waals surface area contributed by atoms with E-state index in [0.717, 1.165) is 19.4 Å². The predicted octanol–water partition coefficient (Wildman–Crippen LogP) is 2.63. The summed E-state index contributed by atoms with van der Waals surface area (Å²) in [6.45, 7) is 9.20. The molecule has 0 unspecified atom stereocenters. The molecule has 1 aliphatic heterocycles. The number of hydrogen-bond donors (Lipinski definition) is 0. The van der Waals surface area contributed by atoms with E-state index in [9.17, 15) is 0 Å². The first-order valence-electron chi connectivity index (χ1n) is 4.74. The minimum Gasteiger partial charge on any atom is -0.354 e. The molecule has 0 atom stereocenters. The lowest BCUT2D eigenvalue weighted by Gasteiger charge is -2.36. The second-order valence-corrected chi connectivity index (χ2v) is 4.06. The highest BCUT2D eigenvalue weighted by Crippen LogP contribution is 2.31. The molecule has 0 fully saturated rings. The van der Waals surface area contributed by atoms with Gasteiger partial charge in [-0.1, -0.05) is 13.8 Å². The van der Waals surface area contributed by atoms with Gasteiger partial charge in [0.1, 0.15) is 0 Å². The monoisotopic (exact) mass is 169 g/mol. The summed E-state index contributed by atoms with van der Waals surface area (Å²) >= 11 is 0. The van der Waals surface area contributed by atoms with Gasteiger partial charge in [-0.2, -0.15) is 0 Å². The zero-order valence-corrected chi connectivity index (χ0v) is 8.55. The number of hydrogen-bond acceptors (Lipinski definition) is 2. The van der Waals surface area contributed by atoms with Crippen molar-refractivity contribution in [3.63, 3.8) is 0 Å². The fourth-order valence-electron chi connectivity index (χ4n) is 1.32. The summed E-state index contributed by atoms with van der Waals surface area (Å²) < 4.78 is 5.67. The molecule has 1 aliphatic rings. The van der Waals surface area contributed by atoms with E-state index >= 15 is 0 Å². The molecule has 0 aromatic carbocycles. The zero-order chi connectivity index (χ0) is 9.24. The van der Waals surface area contributed by atoms with Crippen molar-refractivity contribution in [3.8, 4) is 0 Å². The fraction of sp³-hybridized carbons (Fsp3) is 0.900. The smallest absolute Gasteiger partial charge is 0.153 e. The molecule has 0 aromatic heterocycles. The third-order valence-corrected chi connectivity index (χ3v) is 2.77. The lowest BCUT2D eigenvalue weighted by molar-refractivity contribution is -0.0545. The standard InChI is InChI=1S/C10H19NO/c1-5-10(6-2)7-11-9(3,4)12-8-10/h7H,5-6,8H2,1-4H3. The highest BCUT2D eigenvalue weighted by atomic mass is 16.5. The van der Waals surface area contributed by atoms with Gasteiger partial charge in [-0.05, 0) is 26.7 Å². The highest BCUT2D eigenvalue weighted by molar-refractivity contribution is 5.67. The molecular formula is C10H19NO. The van der Waals surface area contributed by atoms with Crippen LogP contribution in [0.1, 0.15) is 40.5 Å². The Kier molecular flexibility index (Phi) is 2.57. The van der Waals surface area contributed by atoms with E-state index in [0.29, 0.717) is 0 Å². The lowest BCUT2D eigenvalue weighted by Crippen LogP contribution is -2.39. The summed E-state index contributed by atoms with van der Waals surface area (Å²) in [5.41, 5.74) is -0.0939. The fourth-order valence-corrected chi connectivity index (χ4v) is 1.32. The zero-order valence-electron chi connectivity index (χ0n) is 8.55. The van der Waals surface area contributed by atoms with Gasteiger partial charge in [0.2, 0.25) is 0 Å². The third-order valence-electron chi connectivity index (χ3n) is 2.77. The Balaban J connectivity index is 2.74. The maximum Gasteiger partial charge on any atom is 0.153 e. The van der Waals surface area contributed by atoms with Crippen LogP contribution in [0.4, 0.5) is 0 Å². The van der Waals surface area contributed by atoms with Gasteiger partial charge in [0, 0.05) is 11.6 Å². The molecule has 2 nitrogen and oxygen atoms in total. The molecule has 12 heavy (non-hydrogen) atoms. The summed E-state index contributed by atoms with van der Waals surface area (Å²) in [7, 11) is 0. The number of nitrogens with zero attached hydrogens (tertiary/aromatic N) is 1.